The van der Waals surface area contributed by atoms with Gasteiger partial charge in [-0.2, -0.15) is 0 Å². The number of amides is 1. The Morgan fingerprint density at radius 2 is 2.10 bits per heavy atom. The van der Waals surface area contributed by atoms with Crippen LogP contribution in [0.25, 0.3) is 22.6 Å². The summed E-state index contributed by atoms with van der Waals surface area (Å²) >= 11 is 0. The van der Waals surface area contributed by atoms with Gasteiger partial charge in [0.05, 0.1) is 22.9 Å². The molecule has 0 radical (unpaired) electrons. The van der Waals surface area contributed by atoms with Gasteiger partial charge in [-0.15, -0.1) is 0 Å². The Morgan fingerprint density at radius 3 is 2.79 bits per heavy atom. The van der Waals surface area contributed by atoms with E-state index in [2.05, 4.69) is 22.4 Å². The number of nitrogens with zero attached hydrogens (tertiary/aromatic N) is 3. The number of rotatable bonds is 5. The first-order valence-corrected chi connectivity index (χ1v) is 10.5. The molecule has 2 aliphatic heterocycles. The van der Waals surface area contributed by atoms with Crippen LogP contribution in [0.1, 0.15) is 55.1 Å². The highest BCUT2D eigenvalue weighted by molar-refractivity contribution is 6.07. The average Bonchev–Trinajstić information content (AvgIpc) is 3.47. The van der Waals surface area contributed by atoms with Gasteiger partial charge in [0.25, 0.3) is 11.6 Å². The van der Waals surface area contributed by atoms with Crippen molar-refractivity contribution < 1.29 is 13.7 Å². The molecule has 29 heavy (non-hydrogen) atoms. The van der Waals surface area contributed by atoms with E-state index in [-0.39, 0.29) is 11.9 Å². The Balaban J connectivity index is 1.56. The van der Waals surface area contributed by atoms with E-state index >= 15 is 0 Å². The topological polar surface area (TPSA) is 84.4 Å². The number of aromatic nitrogens is 2. The van der Waals surface area contributed by atoms with Crippen LogP contribution in [-0.4, -0.2) is 46.1 Å². The zero-order valence-corrected chi connectivity index (χ0v) is 16.9. The van der Waals surface area contributed by atoms with Crippen LogP contribution in [0.4, 0.5) is 0 Å². The third kappa shape index (κ3) is 3.23. The quantitative estimate of drug-likeness (QED) is 0.709. The van der Waals surface area contributed by atoms with Crippen LogP contribution in [0.15, 0.2) is 33.4 Å². The van der Waals surface area contributed by atoms with Gasteiger partial charge in [0.2, 0.25) is 0 Å². The smallest absolute Gasteiger partial charge is 0.259 e. The number of aryl methyl sites for hydroxylation is 1. The third-order valence-corrected chi connectivity index (χ3v) is 6.32. The van der Waals surface area contributed by atoms with Crippen molar-refractivity contribution in [1.82, 2.24) is 20.4 Å². The van der Waals surface area contributed by atoms with Crippen molar-refractivity contribution in [2.45, 2.75) is 63.6 Å². The number of piperidine rings is 1. The summed E-state index contributed by atoms with van der Waals surface area (Å²) < 4.78 is 11.0. The maximum atomic E-state index is 13.6. The summed E-state index contributed by atoms with van der Waals surface area (Å²) in [5.41, 5.74) is 2.37. The van der Waals surface area contributed by atoms with E-state index in [9.17, 15) is 4.79 Å². The number of pyridine rings is 1. The van der Waals surface area contributed by atoms with E-state index in [0.717, 1.165) is 36.8 Å². The minimum absolute atomic E-state index is 0.00272. The molecule has 2 aliphatic rings. The minimum Gasteiger partial charge on any atom is -0.463 e. The van der Waals surface area contributed by atoms with Gasteiger partial charge < -0.3 is 19.2 Å². The average molecular weight is 394 g/mol. The van der Waals surface area contributed by atoms with E-state index in [4.69, 9.17) is 8.94 Å². The second kappa shape index (κ2) is 7.30. The van der Waals surface area contributed by atoms with Crippen molar-refractivity contribution in [2.24, 2.45) is 0 Å². The van der Waals surface area contributed by atoms with Crippen molar-refractivity contribution in [3.05, 3.63) is 35.7 Å². The molecule has 0 spiro atoms. The van der Waals surface area contributed by atoms with E-state index in [0.29, 0.717) is 34.8 Å². The molecule has 0 aromatic carbocycles. The van der Waals surface area contributed by atoms with Crippen LogP contribution < -0.4 is 5.32 Å². The molecule has 2 saturated heterocycles. The maximum absolute atomic E-state index is 13.6. The van der Waals surface area contributed by atoms with Gasteiger partial charge in [-0.3, -0.25) is 4.79 Å². The highest BCUT2D eigenvalue weighted by atomic mass is 16.5. The number of carbonyl (C=O) groups is 1. The summed E-state index contributed by atoms with van der Waals surface area (Å²) in [6, 6.07) is 6.76. The van der Waals surface area contributed by atoms with Gasteiger partial charge in [0.1, 0.15) is 5.69 Å². The fraction of sp³-hybridized carbons (Fsp3) is 0.500. The zero-order valence-electron chi connectivity index (χ0n) is 16.9. The lowest BCUT2D eigenvalue weighted by atomic mass is 9.97. The lowest BCUT2D eigenvalue weighted by Crippen LogP contribution is -2.48. The maximum Gasteiger partial charge on any atom is 0.259 e. The summed E-state index contributed by atoms with van der Waals surface area (Å²) in [6.45, 7) is 2.09. The lowest BCUT2D eigenvalue weighted by Gasteiger charge is -2.35. The molecule has 7 heteroatoms. The predicted octanol–water partition coefficient (Wildman–Crippen LogP) is 3.79. The number of nitrogens with one attached hydrogen (secondary N) is 1. The molecule has 7 nitrogen and oxygen atoms in total. The second-order valence-corrected chi connectivity index (χ2v) is 8.27. The van der Waals surface area contributed by atoms with Crippen molar-refractivity contribution in [1.29, 1.82) is 0 Å². The van der Waals surface area contributed by atoms with Crippen LogP contribution in [0, 0.1) is 0 Å². The Hall–Kier alpha value is -2.67. The Bertz CT molecular complexity index is 1010. The molecular formula is C22H26N4O3. The number of furan rings is 1. The molecule has 2 unspecified atom stereocenters. The van der Waals surface area contributed by atoms with Crippen molar-refractivity contribution in [3.8, 4) is 11.5 Å². The second-order valence-electron chi connectivity index (χ2n) is 8.27. The molecule has 2 bridgehead atoms. The predicted molar refractivity (Wildman–Crippen MR) is 109 cm³/mol. The SMILES string of the molecule is CCCc1noc2nc(-c3ccco3)cc(C(=O)N(C)C3CC4CCC(C3)N4)c12. The molecule has 1 amide bonds. The van der Waals surface area contributed by atoms with Gasteiger partial charge >= 0.3 is 0 Å². The first-order chi connectivity index (χ1) is 14.1. The Labute approximate surface area is 169 Å². The molecular weight excluding hydrogens is 368 g/mol. The third-order valence-electron chi connectivity index (χ3n) is 6.32. The number of hydrogen-bond acceptors (Lipinski definition) is 6. The number of fused-ring (bicyclic) bond motifs is 3. The number of carbonyl (C=O) groups excluding carboxylic acids is 1. The fourth-order valence-electron chi connectivity index (χ4n) is 4.84. The van der Waals surface area contributed by atoms with Gasteiger partial charge in [0, 0.05) is 25.2 Å². The highest BCUT2D eigenvalue weighted by Gasteiger charge is 2.37. The Morgan fingerprint density at radius 1 is 1.31 bits per heavy atom. The summed E-state index contributed by atoms with van der Waals surface area (Å²) in [7, 11) is 1.92. The van der Waals surface area contributed by atoms with Gasteiger partial charge in [0.15, 0.2) is 5.76 Å². The van der Waals surface area contributed by atoms with Crippen molar-refractivity contribution in [2.75, 3.05) is 7.05 Å². The van der Waals surface area contributed by atoms with E-state index in [1.165, 1.54) is 12.8 Å². The molecule has 2 fully saturated rings. The molecule has 152 valence electrons. The van der Waals surface area contributed by atoms with Crippen molar-refractivity contribution in [3.63, 3.8) is 0 Å². The van der Waals surface area contributed by atoms with E-state index in [1.54, 1.807) is 6.26 Å². The summed E-state index contributed by atoms with van der Waals surface area (Å²) in [5.74, 6) is 0.606. The fourth-order valence-corrected chi connectivity index (χ4v) is 4.84. The molecule has 3 aromatic rings. The van der Waals surface area contributed by atoms with Crippen molar-refractivity contribution >= 4 is 17.0 Å². The van der Waals surface area contributed by atoms with Gasteiger partial charge in [-0.1, -0.05) is 18.5 Å². The largest absolute Gasteiger partial charge is 0.463 e. The van der Waals surface area contributed by atoms with Crippen LogP contribution in [0.2, 0.25) is 0 Å². The summed E-state index contributed by atoms with van der Waals surface area (Å²) in [6.07, 6.45) is 7.68. The molecule has 5 rings (SSSR count). The highest BCUT2D eigenvalue weighted by Crippen LogP contribution is 2.32. The summed E-state index contributed by atoms with van der Waals surface area (Å²) in [4.78, 5) is 20.1. The lowest BCUT2D eigenvalue weighted by molar-refractivity contribution is 0.0683. The van der Waals surface area contributed by atoms with Crippen LogP contribution in [0.3, 0.4) is 0 Å². The van der Waals surface area contributed by atoms with Crippen LogP contribution in [0.5, 0.6) is 0 Å². The first-order valence-electron chi connectivity index (χ1n) is 10.5. The molecule has 0 saturated carbocycles. The van der Waals surface area contributed by atoms with Gasteiger partial charge in [-0.25, -0.2) is 4.98 Å². The summed E-state index contributed by atoms with van der Waals surface area (Å²) in [5, 5.41) is 8.59. The normalized spacial score (nSPS) is 23.6. The molecule has 1 N–H and O–H groups in total. The zero-order chi connectivity index (χ0) is 20.0. The Kier molecular flexibility index (Phi) is 4.62. The minimum atomic E-state index is -0.00272. The molecule has 3 aromatic heterocycles. The van der Waals surface area contributed by atoms with Gasteiger partial charge in [-0.05, 0) is 50.3 Å². The van der Waals surface area contributed by atoms with Crippen LogP contribution in [-0.2, 0) is 6.42 Å². The molecule has 2 atom stereocenters. The monoisotopic (exact) mass is 394 g/mol. The van der Waals surface area contributed by atoms with E-state index in [1.807, 2.05) is 30.1 Å². The molecule has 5 heterocycles. The number of hydrogen-bond donors (Lipinski definition) is 1. The van der Waals surface area contributed by atoms with Crippen LogP contribution >= 0.6 is 0 Å². The standard InChI is InChI=1S/C22H26N4O3/c1-3-5-17-20-16(12-18(19-6-4-9-28-19)24-21(20)29-25-17)22(27)26(2)15-10-13-7-8-14(11-15)23-13/h4,6,9,12-15,23H,3,5,7-8,10-11H2,1-2H3. The molecule has 0 aliphatic carbocycles. The van der Waals surface area contributed by atoms with E-state index < -0.39 is 0 Å². The first kappa shape index (κ1) is 18.4.